The number of rotatable bonds is 5. The minimum absolute atomic E-state index is 0.0216. The Bertz CT molecular complexity index is 777. The van der Waals surface area contributed by atoms with Crippen molar-refractivity contribution in [1.29, 1.82) is 5.26 Å². The number of allylic oxidation sites excluding steroid dienone is 3. The maximum absolute atomic E-state index is 12.5. The standard InChI is InChI=1S/C17H18N3O5/c1-10-14(9-18)16(12-4-3-5-13(8-12)20(23)24)15(11(2)19-10)17(22)25-7-6-21/h3-5,8,16,19,21,23H,6-7H2,1-2H3/q-1. The topological polar surface area (TPSA) is 129 Å². The normalized spacial score (nSPS) is 17.0. The first-order chi connectivity index (χ1) is 11.9. The van der Waals surface area contributed by atoms with Crippen molar-refractivity contribution >= 4 is 11.7 Å². The van der Waals surface area contributed by atoms with E-state index in [1.807, 2.05) is 0 Å². The van der Waals surface area contributed by atoms with Crippen molar-refractivity contribution in [2.75, 3.05) is 18.4 Å². The molecule has 1 heterocycles. The molecule has 0 saturated heterocycles. The van der Waals surface area contributed by atoms with Gasteiger partial charge in [-0.1, -0.05) is 12.1 Å². The minimum atomic E-state index is -0.752. The number of nitrogens with zero attached hydrogens (tertiary/aromatic N) is 2. The fraction of sp³-hybridized carbons (Fsp3) is 0.294. The Morgan fingerprint density at radius 1 is 1.44 bits per heavy atom. The Morgan fingerprint density at radius 2 is 2.16 bits per heavy atom. The summed E-state index contributed by atoms with van der Waals surface area (Å²) in [5, 5.41) is 41.4. The number of ether oxygens (including phenoxy) is 1. The van der Waals surface area contributed by atoms with Gasteiger partial charge in [-0.25, -0.2) is 4.79 Å². The highest BCUT2D eigenvalue weighted by atomic mass is 16.8. The molecule has 132 valence electrons. The molecule has 1 atom stereocenters. The quantitative estimate of drug-likeness (QED) is 0.543. The number of esters is 1. The van der Waals surface area contributed by atoms with Gasteiger partial charge in [0.1, 0.15) is 6.61 Å². The number of hydrogen-bond acceptors (Lipinski definition) is 8. The zero-order valence-corrected chi connectivity index (χ0v) is 13.8. The van der Waals surface area contributed by atoms with Gasteiger partial charge in [-0.2, -0.15) is 5.26 Å². The average molecular weight is 344 g/mol. The Hall–Kier alpha value is -2.86. The number of carbonyl (C=O) groups excluding carboxylic acids is 1. The van der Waals surface area contributed by atoms with Crippen molar-refractivity contribution in [1.82, 2.24) is 5.32 Å². The predicted molar refractivity (Wildman–Crippen MR) is 89.0 cm³/mol. The van der Waals surface area contributed by atoms with Gasteiger partial charge in [-0.15, -0.1) is 0 Å². The van der Waals surface area contributed by atoms with Crippen LogP contribution in [0.3, 0.4) is 0 Å². The van der Waals surface area contributed by atoms with Gasteiger partial charge in [0.2, 0.25) is 0 Å². The van der Waals surface area contributed by atoms with E-state index in [1.54, 1.807) is 26.0 Å². The summed E-state index contributed by atoms with van der Waals surface area (Å²) in [6, 6.07) is 8.09. The van der Waals surface area contributed by atoms with Crippen molar-refractivity contribution in [2.45, 2.75) is 19.8 Å². The van der Waals surface area contributed by atoms with E-state index in [-0.39, 0.29) is 29.7 Å². The summed E-state index contributed by atoms with van der Waals surface area (Å²) >= 11 is 0. The van der Waals surface area contributed by atoms with Crippen LogP contribution in [0, 0.1) is 16.5 Å². The second-order valence-electron chi connectivity index (χ2n) is 5.47. The number of benzene rings is 1. The molecule has 0 fully saturated rings. The Morgan fingerprint density at radius 3 is 2.76 bits per heavy atom. The van der Waals surface area contributed by atoms with E-state index in [2.05, 4.69) is 11.4 Å². The molecule has 0 bridgehead atoms. The van der Waals surface area contributed by atoms with Crippen LogP contribution < -0.4 is 10.5 Å². The molecule has 1 aromatic rings. The number of aliphatic hydroxyl groups is 1. The summed E-state index contributed by atoms with van der Waals surface area (Å²) in [6.07, 6.45) is 0. The molecule has 0 saturated carbocycles. The van der Waals surface area contributed by atoms with Crippen LogP contribution in [0.25, 0.3) is 0 Å². The number of dihydropyridines is 1. The molecule has 25 heavy (non-hydrogen) atoms. The lowest BCUT2D eigenvalue weighted by Crippen LogP contribution is -2.29. The number of nitriles is 1. The van der Waals surface area contributed by atoms with E-state index in [0.717, 1.165) is 0 Å². The Kier molecular flexibility index (Phi) is 5.77. The highest BCUT2D eigenvalue weighted by molar-refractivity contribution is 5.93. The van der Waals surface area contributed by atoms with Crippen LogP contribution in [0.15, 0.2) is 46.8 Å². The largest absolute Gasteiger partial charge is 0.733 e. The monoisotopic (exact) mass is 344 g/mol. The highest BCUT2D eigenvalue weighted by Crippen LogP contribution is 2.39. The van der Waals surface area contributed by atoms with Gasteiger partial charge >= 0.3 is 5.97 Å². The van der Waals surface area contributed by atoms with Crippen LogP contribution >= 0.6 is 0 Å². The van der Waals surface area contributed by atoms with Crippen molar-refractivity contribution in [2.24, 2.45) is 0 Å². The van der Waals surface area contributed by atoms with Crippen molar-refractivity contribution in [3.8, 4) is 6.07 Å². The van der Waals surface area contributed by atoms with Crippen molar-refractivity contribution in [3.63, 3.8) is 0 Å². The summed E-state index contributed by atoms with van der Waals surface area (Å²) in [5.41, 5.74) is 2.07. The fourth-order valence-electron chi connectivity index (χ4n) is 2.79. The van der Waals surface area contributed by atoms with Crippen LogP contribution in [-0.2, 0) is 9.53 Å². The lowest BCUT2D eigenvalue weighted by Gasteiger charge is -2.29. The first-order valence-corrected chi connectivity index (χ1v) is 7.53. The Balaban J connectivity index is 2.57. The highest BCUT2D eigenvalue weighted by Gasteiger charge is 2.34. The van der Waals surface area contributed by atoms with Gasteiger partial charge < -0.3 is 25.6 Å². The van der Waals surface area contributed by atoms with Crippen LogP contribution in [0.1, 0.15) is 25.3 Å². The summed E-state index contributed by atoms with van der Waals surface area (Å²) in [6.45, 7) is 2.90. The molecule has 0 radical (unpaired) electrons. The van der Waals surface area contributed by atoms with Gasteiger partial charge in [0.05, 0.1) is 35.4 Å². The van der Waals surface area contributed by atoms with Crippen LogP contribution in [0.4, 0.5) is 5.69 Å². The van der Waals surface area contributed by atoms with Crippen molar-refractivity contribution in [3.05, 3.63) is 57.6 Å². The molecule has 0 spiro atoms. The number of anilines is 1. The molecule has 1 unspecified atom stereocenters. The SMILES string of the molecule is CC1=C(C#N)C(c2cccc(N([O-])O)c2)C(C(=O)OCCO)=C(C)N1. The van der Waals surface area contributed by atoms with Crippen LogP contribution in [-0.4, -0.2) is 29.5 Å². The first-order valence-electron chi connectivity index (χ1n) is 7.53. The maximum atomic E-state index is 12.5. The van der Waals surface area contributed by atoms with E-state index in [9.17, 15) is 15.3 Å². The van der Waals surface area contributed by atoms with E-state index < -0.39 is 11.9 Å². The number of carbonyl (C=O) groups is 1. The number of aliphatic hydroxyl groups excluding tert-OH is 1. The molecule has 1 aromatic carbocycles. The molecule has 2 rings (SSSR count). The molecule has 0 aliphatic carbocycles. The average Bonchev–Trinajstić information content (AvgIpc) is 2.59. The van der Waals surface area contributed by atoms with Crippen LogP contribution in [0.2, 0.25) is 0 Å². The first kappa shape index (κ1) is 18.5. The minimum Gasteiger partial charge on any atom is -0.733 e. The number of hydrogen-bond donors (Lipinski definition) is 3. The van der Waals surface area contributed by atoms with Gasteiger partial charge in [0, 0.05) is 11.4 Å². The van der Waals surface area contributed by atoms with Crippen molar-refractivity contribution < 1.29 is 19.8 Å². The van der Waals surface area contributed by atoms with E-state index in [0.29, 0.717) is 22.5 Å². The smallest absolute Gasteiger partial charge is 0.336 e. The predicted octanol–water partition coefficient (Wildman–Crippen LogP) is 1.67. The molecular weight excluding hydrogens is 326 g/mol. The summed E-state index contributed by atoms with van der Waals surface area (Å²) in [7, 11) is 0. The zero-order chi connectivity index (χ0) is 18.6. The molecule has 0 aromatic heterocycles. The summed E-state index contributed by atoms with van der Waals surface area (Å²) < 4.78 is 5.02. The van der Waals surface area contributed by atoms with Gasteiger partial charge in [-0.3, -0.25) is 5.21 Å². The van der Waals surface area contributed by atoms with E-state index in [1.165, 1.54) is 12.1 Å². The van der Waals surface area contributed by atoms with Gasteiger partial charge in [0.25, 0.3) is 0 Å². The second-order valence-corrected chi connectivity index (χ2v) is 5.47. The van der Waals surface area contributed by atoms with E-state index >= 15 is 0 Å². The summed E-state index contributed by atoms with van der Waals surface area (Å²) in [4.78, 5) is 12.5. The second kappa shape index (κ2) is 7.81. The van der Waals surface area contributed by atoms with Gasteiger partial charge in [-0.05, 0) is 31.5 Å². The molecule has 8 nitrogen and oxygen atoms in total. The fourth-order valence-corrected chi connectivity index (χ4v) is 2.79. The number of nitrogens with one attached hydrogen (secondary N) is 1. The van der Waals surface area contributed by atoms with E-state index in [4.69, 9.17) is 15.1 Å². The lowest BCUT2D eigenvalue weighted by atomic mass is 9.81. The molecule has 8 heteroatoms. The third-order valence-electron chi connectivity index (χ3n) is 3.85. The molecule has 1 aliphatic rings. The molecular formula is C17H18N3O5-. The van der Waals surface area contributed by atoms with Crippen LogP contribution in [0.5, 0.6) is 0 Å². The maximum Gasteiger partial charge on any atom is 0.336 e. The molecule has 0 amide bonds. The Labute approximate surface area is 144 Å². The lowest BCUT2D eigenvalue weighted by molar-refractivity contribution is -0.140. The van der Waals surface area contributed by atoms with Gasteiger partial charge in [0.15, 0.2) is 0 Å². The summed E-state index contributed by atoms with van der Waals surface area (Å²) in [5.74, 6) is -1.42. The zero-order valence-electron chi connectivity index (χ0n) is 13.8. The third kappa shape index (κ3) is 3.80. The molecule has 3 N–H and O–H groups in total. The third-order valence-corrected chi connectivity index (χ3v) is 3.85. The molecule has 1 aliphatic heterocycles.